The van der Waals surface area contributed by atoms with E-state index in [2.05, 4.69) is 25.1 Å². The van der Waals surface area contributed by atoms with Crippen molar-refractivity contribution in [2.45, 2.75) is 0 Å². The second-order valence-corrected chi connectivity index (χ2v) is 5.50. The van der Waals surface area contributed by atoms with Gasteiger partial charge in [0.2, 0.25) is 5.82 Å². The Hall–Kier alpha value is -2.77. The van der Waals surface area contributed by atoms with Crippen molar-refractivity contribution in [3.05, 3.63) is 36.4 Å². The molecule has 0 atom stereocenters. The van der Waals surface area contributed by atoms with Crippen LogP contribution in [0.2, 0.25) is 0 Å². The molecule has 2 aromatic heterocycles. The lowest BCUT2D eigenvalue weighted by atomic mass is 10.3. The zero-order valence-corrected chi connectivity index (χ0v) is 13.3. The molecule has 2 aromatic rings. The first kappa shape index (κ1) is 15.1. The molecule has 3 rings (SSSR count). The van der Waals surface area contributed by atoms with Crippen molar-refractivity contribution in [2.24, 2.45) is 0 Å². The first-order valence-electron chi connectivity index (χ1n) is 7.47. The lowest BCUT2D eigenvalue weighted by Crippen LogP contribution is -2.49. The molecule has 1 aliphatic rings. The van der Waals surface area contributed by atoms with Crippen molar-refractivity contribution in [3.8, 4) is 0 Å². The summed E-state index contributed by atoms with van der Waals surface area (Å²) in [6, 6.07) is 5.60. The van der Waals surface area contributed by atoms with Crippen molar-refractivity contribution in [3.63, 3.8) is 0 Å². The molecule has 1 saturated heterocycles. The molecular formula is C15H19N7O. The van der Waals surface area contributed by atoms with Gasteiger partial charge in [0, 0.05) is 52.7 Å². The maximum absolute atomic E-state index is 12.3. The molecule has 0 saturated carbocycles. The summed E-state index contributed by atoms with van der Waals surface area (Å²) in [7, 11) is 3.86. The van der Waals surface area contributed by atoms with Gasteiger partial charge in [0.05, 0.1) is 0 Å². The van der Waals surface area contributed by atoms with E-state index in [0.717, 1.165) is 11.6 Å². The Kier molecular flexibility index (Phi) is 4.31. The summed E-state index contributed by atoms with van der Waals surface area (Å²) < 4.78 is 0. The minimum atomic E-state index is -0.126. The Balaban J connectivity index is 1.61. The number of nitrogens with zero attached hydrogens (tertiary/aromatic N) is 7. The third-order valence-electron chi connectivity index (χ3n) is 3.74. The van der Waals surface area contributed by atoms with Crippen LogP contribution >= 0.6 is 0 Å². The molecule has 1 aliphatic heterocycles. The highest BCUT2D eigenvalue weighted by Gasteiger charge is 2.24. The van der Waals surface area contributed by atoms with Crippen molar-refractivity contribution in [1.29, 1.82) is 0 Å². The first-order valence-corrected chi connectivity index (χ1v) is 7.47. The highest BCUT2D eigenvalue weighted by molar-refractivity contribution is 5.90. The van der Waals surface area contributed by atoms with Crippen molar-refractivity contribution in [1.82, 2.24) is 25.1 Å². The third kappa shape index (κ3) is 3.36. The summed E-state index contributed by atoms with van der Waals surface area (Å²) in [5.74, 6) is 1.78. The zero-order chi connectivity index (χ0) is 16.2. The summed E-state index contributed by atoms with van der Waals surface area (Å²) in [6.45, 7) is 2.67. The Labute approximate surface area is 134 Å². The normalized spacial score (nSPS) is 14.7. The maximum Gasteiger partial charge on any atom is 0.291 e. The van der Waals surface area contributed by atoms with Gasteiger partial charge in [-0.15, -0.1) is 10.2 Å². The van der Waals surface area contributed by atoms with Crippen LogP contribution in [0.4, 0.5) is 11.6 Å². The van der Waals surface area contributed by atoms with Crippen LogP contribution in [0, 0.1) is 0 Å². The fourth-order valence-corrected chi connectivity index (χ4v) is 2.41. The first-order chi connectivity index (χ1) is 11.1. The molecule has 0 unspecified atom stereocenters. The molecule has 0 aromatic carbocycles. The van der Waals surface area contributed by atoms with Gasteiger partial charge in [-0.25, -0.2) is 9.97 Å². The van der Waals surface area contributed by atoms with Crippen LogP contribution in [0.25, 0.3) is 0 Å². The molecule has 1 amide bonds. The van der Waals surface area contributed by atoms with E-state index >= 15 is 0 Å². The van der Waals surface area contributed by atoms with Crippen LogP contribution in [0.1, 0.15) is 10.6 Å². The summed E-state index contributed by atoms with van der Waals surface area (Å²) >= 11 is 0. The number of amides is 1. The number of hydrogen-bond donors (Lipinski definition) is 0. The summed E-state index contributed by atoms with van der Waals surface area (Å²) in [6.07, 6.45) is 3.16. The number of carbonyl (C=O) groups is 1. The predicted octanol–water partition coefficient (Wildman–Crippen LogP) is 0.295. The number of piperazine rings is 1. The zero-order valence-electron chi connectivity index (χ0n) is 13.3. The molecule has 0 spiro atoms. The Morgan fingerprint density at radius 3 is 2.30 bits per heavy atom. The molecule has 23 heavy (non-hydrogen) atoms. The van der Waals surface area contributed by atoms with Crippen LogP contribution in [0.3, 0.4) is 0 Å². The molecule has 0 bridgehead atoms. The topological polar surface area (TPSA) is 78.4 Å². The minimum Gasteiger partial charge on any atom is -0.361 e. The van der Waals surface area contributed by atoms with Crippen LogP contribution in [0.5, 0.6) is 0 Å². The van der Waals surface area contributed by atoms with Gasteiger partial charge < -0.3 is 14.7 Å². The van der Waals surface area contributed by atoms with Gasteiger partial charge in [0.25, 0.3) is 5.91 Å². The van der Waals surface area contributed by atoms with Gasteiger partial charge in [-0.05, 0) is 18.2 Å². The Bertz CT molecular complexity index is 651. The lowest BCUT2D eigenvalue weighted by molar-refractivity contribution is 0.0734. The van der Waals surface area contributed by atoms with Crippen LogP contribution < -0.4 is 9.80 Å². The van der Waals surface area contributed by atoms with Crippen molar-refractivity contribution in [2.75, 3.05) is 50.1 Å². The van der Waals surface area contributed by atoms with E-state index in [-0.39, 0.29) is 11.7 Å². The minimum absolute atomic E-state index is 0.126. The molecule has 8 nitrogen and oxygen atoms in total. The van der Waals surface area contributed by atoms with Gasteiger partial charge in [0.15, 0.2) is 11.6 Å². The van der Waals surface area contributed by atoms with Gasteiger partial charge in [-0.1, -0.05) is 0 Å². The standard InChI is InChI=1S/C15H19N7O/c1-20(2)12-4-5-13(19-18-12)21-8-10-22(11-9-21)15(23)14-16-6-3-7-17-14/h3-7H,8-11H2,1-2H3. The van der Waals surface area contributed by atoms with E-state index in [1.807, 2.05) is 31.1 Å². The largest absolute Gasteiger partial charge is 0.361 e. The third-order valence-corrected chi connectivity index (χ3v) is 3.74. The predicted molar refractivity (Wildman–Crippen MR) is 86.5 cm³/mol. The Morgan fingerprint density at radius 1 is 1.04 bits per heavy atom. The van der Waals surface area contributed by atoms with E-state index in [4.69, 9.17) is 0 Å². The monoisotopic (exact) mass is 313 g/mol. The van der Waals surface area contributed by atoms with Gasteiger partial charge in [-0.2, -0.15) is 0 Å². The van der Waals surface area contributed by atoms with E-state index in [9.17, 15) is 4.79 Å². The average Bonchev–Trinajstić information content (AvgIpc) is 2.62. The quantitative estimate of drug-likeness (QED) is 0.806. The van der Waals surface area contributed by atoms with Gasteiger partial charge in [-0.3, -0.25) is 4.79 Å². The van der Waals surface area contributed by atoms with Crippen molar-refractivity contribution < 1.29 is 4.79 Å². The summed E-state index contributed by atoms with van der Waals surface area (Å²) in [5.41, 5.74) is 0. The van der Waals surface area contributed by atoms with Crippen LogP contribution in [-0.2, 0) is 0 Å². The van der Waals surface area contributed by atoms with E-state index in [0.29, 0.717) is 26.2 Å². The number of hydrogen-bond acceptors (Lipinski definition) is 7. The molecule has 0 aliphatic carbocycles. The number of carbonyl (C=O) groups excluding carboxylic acids is 1. The molecule has 3 heterocycles. The lowest BCUT2D eigenvalue weighted by Gasteiger charge is -2.34. The van der Waals surface area contributed by atoms with Gasteiger partial charge >= 0.3 is 0 Å². The smallest absolute Gasteiger partial charge is 0.291 e. The molecule has 8 heteroatoms. The average molecular weight is 313 g/mol. The maximum atomic E-state index is 12.3. The SMILES string of the molecule is CN(C)c1ccc(N2CCN(C(=O)c3ncccn3)CC2)nn1. The number of rotatable bonds is 3. The molecule has 1 fully saturated rings. The fourth-order valence-electron chi connectivity index (χ4n) is 2.41. The van der Waals surface area contributed by atoms with Crippen LogP contribution in [0.15, 0.2) is 30.6 Å². The van der Waals surface area contributed by atoms with Crippen molar-refractivity contribution >= 4 is 17.5 Å². The molecule has 120 valence electrons. The number of anilines is 2. The molecule has 0 radical (unpaired) electrons. The highest BCUT2D eigenvalue weighted by atomic mass is 16.2. The summed E-state index contributed by atoms with van der Waals surface area (Å²) in [5, 5.41) is 8.45. The Morgan fingerprint density at radius 2 is 1.74 bits per heavy atom. The van der Waals surface area contributed by atoms with Gasteiger partial charge in [0.1, 0.15) is 0 Å². The number of aromatic nitrogens is 4. The molecule has 0 N–H and O–H groups in total. The second-order valence-electron chi connectivity index (χ2n) is 5.50. The molecular weight excluding hydrogens is 294 g/mol. The summed E-state index contributed by atoms with van der Waals surface area (Å²) in [4.78, 5) is 26.1. The fraction of sp³-hybridized carbons (Fsp3) is 0.400. The van der Waals surface area contributed by atoms with E-state index < -0.39 is 0 Å². The second kappa shape index (κ2) is 6.55. The highest BCUT2D eigenvalue weighted by Crippen LogP contribution is 2.15. The van der Waals surface area contributed by atoms with Crippen LogP contribution in [-0.4, -0.2) is 71.2 Å². The van der Waals surface area contributed by atoms with E-state index in [1.165, 1.54) is 0 Å². The van der Waals surface area contributed by atoms with E-state index in [1.54, 1.807) is 23.4 Å².